The number of likely N-dealkylation sites (tertiary alicyclic amines) is 1. The largest absolute Gasteiger partial charge is 0.388 e. The molecule has 1 aliphatic rings. The number of carbonyl (C=O) groups is 1. The number of hydrogen-bond donors (Lipinski definition) is 2. The summed E-state index contributed by atoms with van der Waals surface area (Å²) < 4.78 is 27.3. The van der Waals surface area contributed by atoms with Crippen LogP contribution in [0, 0.1) is 5.92 Å². The predicted molar refractivity (Wildman–Crippen MR) is 138 cm³/mol. The molecule has 7 nitrogen and oxygen atoms in total. The van der Waals surface area contributed by atoms with Gasteiger partial charge in [-0.05, 0) is 67.7 Å². The Bertz CT molecular complexity index is 1230. The minimum atomic E-state index is -3.77. The number of para-hydroxylation sites is 1. The van der Waals surface area contributed by atoms with E-state index in [9.17, 15) is 18.3 Å². The third-order valence-electron chi connectivity index (χ3n) is 6.48. The Labute approximate surface area is 207 Å². The van der Waals surface area contributed by atoms with Gasteiger partial charge >= 0.3 is 0 Å². The van der Waals surface area contributed by atoms with E-state index in [1.165, 1.54) is 23.5 Å². The van der Waals surface area contributed by atoms with E-state index in [-0.39, 0.29) is 23.3 Å². The lowest BCUT2D eigenvalue weighted by Crippen LogP contribution is -2.40. The third kappa shape index (κ3) is 6.08. The van der Waals surface area contributed by atoms with Crippen molar-refractivity contribution in [2.45, 2.75) is 23.8 Å². The second kappa shape index (κ2) is 11.0. The first-order chi connectivity index (χ1) is 16.8. The van der Waals surface area contributed by atoms with Gasteiger partial charge in [-0.15, -0.1) is 0 Å². The molecule has 2 N–H and O–H groups in total. The number of benzene rings is 3. The molecule has 0 aromatic heterocycles. The van der Waals surface area contributed by atoms with Crippen molar-refractivity contribution in [1.82, 2.24) is 4.90 Å². The van der Waals surface area contributed by atoms with Crippen LogP contribution >= 0.6 is 0 Å². The standard InChI is InChI=1S/C27H31N3O4S/c1-29(24-12-6-3-7-13-24)35(33,34)25-14-8-11-23(19-25)28-26(31)20-30-17-15-22(16-18-30)27(32)21-9-4-2-5-10-21/h2-14,19,22,27,32H,15-18,20H2,1H3,(H,28,31)/t27-/m1/s1. The number of amides is 1. The SMILES string of the molecule is CN(c1ccccc1)S(=O)(=O)c1cccc(NC(=O)CN2CCC([C@H](O)c3ccccc3)CC2)c1. The number of sulfonamides is 1. The van der Waals surface area contributed by atoms with Gasteiger partial charge in [0.2, 0.25) is 5.91 Å². The van der Waals surface area contributed by atoms with Crippen molar-refractivity contribution in [3.63, 3.8) is 0 Å². The minimum Gasteiger partial charge on any atom is -0.388 e. The maximum absolute atomic E-state index is 13.1. The number of anilines is 2. The van der Waals surface area contributed by atoms with Gasteiger partial charge in [-0.1, -0.05) is 54.6 Å². The van der Waals surface area contributed by atoms with Crippen molar-refractivity contribution >= 4 is 27.3 Å². The summed E-state index contributed by atoms with van der Waals surface area (Å²) in [5.41, 5.74) is 1.92. The van der Waals surface area contributed by atoms with Gasteiger partial charge in [0.1, 0.15) is 0 Å². The molecule has 0 spiro atoms. The maximum Gasteiger partial charge on any atom is 0.264 e. The van der Waals surface area contributed by atoms with Crippen molar-refractivity contribution in [3.05, 3.63) is 90.5 Å². The van der Waals surface area contributed by atoms with Crippen LogP contribution in [-0.2, 0) is 14.8 Å². The fraction of sp³-hybridized carbons (Fsp3) is 0.296. The van der Waals surface area contributed by atoms with Gasteiger partial charge in [-0.2, -0.15) is 0 Å². The smallest absolute Gasteiger partial charge is 0.264 e. The van der Waals surface area contributed by atoms with Crippen LogP contribution in [0.2, 0.25) is 0 Å². The van der Waals surface area contributed by atoms with Gasteiger partial charge in [-0.25, -0.2) is 8.42 Å². The first-order valence-corrected chi connectivity index (χ1v) is 13.2. The van der Waals surface area contributed by atoms with Crippen LogP contribution in [0.5, 0.6) is 0 Å². The lowest BCUT2D eigenvalue weighted by Gasteiger charge is -2.34. The zero-order valence-electron chi connectivity index (χ0n) is 19.7. The maximum atomic E-state index is 13.1. The van der Waals surface area contributed by atoms with Gasteiger partial charge in [0.15, 0.2) is 0 Å². The second-order valence-corrected chi connectivity index (χ2v) is 10.8. The van der Waals surface area contributed by atoms with Crippen LogP contribution in [-0.4, -0.2) is 51.0 Å². The molecule has 1 saturated heterocycles. The molecule has 1 atom stereocenters. The molecule has 4 rings (SSSR count). The summed E-state index contributed by atoms with van der Waals surface area (Å²) >= 11 is 0. The predicted octanol–water partition coefficient (Wildman–Crippen LogP) is 3.90. The van der Waals surface area contributed by atoms with Gasteiger partial charge in [-0.3, -0.25) is 14.0 Å². The van der Waals surface area contributed by atoms with Gasteiger partial charge in [0, 0.05) is 12.7 Å². The number of rotatable bonds is 8. The first kappa shape index (κ1) is 24.9. The molecule has 0 bridgehead atoms. The van der Waals surface area contributed by atoms with Crippen molar-refractivity contribution in [2.24, 2.45) is 5.92 Å². The van der Waals surface area contributed by atoms with Crippen LogP contribution in [0.15, 0.2) is 89.8 Å². The lowest BCUT2D eigenvalue weighted by molar-refractivity contribution is -0.117. The Morgan fingerprint density at radius 3 is 2.29 bits per heavy atom. The Kier molecular flexibility index (Phi) is 7.85. The molecule has 1 heterocycles. The molecule has 0 unspecified atom stereocenters. The summed E-state index contributed by atoms with van der Waals surface area (Å²) in [6, 6.07) is 24.8. The van der Waals surface area contributed by atoms with Crippen molar-refractivity contribution in [3.8, 4) is 0 Å². The highest BCUT2D eigenvalue weighted by molar-refractivity contribution is 7.92. The summed E-state index contributed by atoms with van der Waals surface area (Å²) in [6.07, 6.45) is 1.12. The highest BCUT2D eigenvalue weighted by Gasteiger charge is 2.27. The average Bonchev–Trinajstić information content (AvgIpc) is 2.89. The summed E-state index contributed by atoms with van der Waals surface area (Å²) in [5, 5.41) is 13.5. The molecule has 184 valence electrons. The van der Waals surface area contributed by atoms with Crippen LogP contribution in [0.1, 0.15) is 24.5 Å². The molecule has 1 fully saturated rings. The van der Waals surface area contributed by atoms with E-state index < -0.39 is 16.1 Å². The summed E-state index contributed by atoms with van der Waals surface area (Å²) in [4.78, 5) is 14.8. The lowest BCUT2D eigenvalue weighted by atomic mass is 9.87. The molecule has 8 heteroatoms. The zero-order valence-corrected chi connectivity index (χ0v) is 20.6. The summed E-state index contributed by atoms with van der Waals surface area (Å²) in [7, 11) is -2.26. The average molecular weight is 494 g/mol. The summed E-state index contributed by atoms with van der Waals surface area (Å²) in [5.74, 6) is -0.0294. The van der Waals surface area contributed by atoms with Crippen LogP contribution in [0.4, 0.5) is 11.4 Å². The molecule has 3 aromatic carbocycles. The highest BCUT2D eigenvalue weighted by atomic mass is 32.2. The number of nitrogens with one attached hydrogen (secondary N) is 1. The molecule has 0 aliphatic carbocycles. The Morgan fingerprint density at radius 2 is 1.63 bits per heavy atom. The van der Waals surface area contributed by atoms with E-state index in [2.05, 4.69) is 10.2 Å². The number of carbonyl (C=O) groups excluding carboxylic acids is 1. The third-order valence-corrected chi connectivity index (χ3v) is 8.26. The van der Waals surface area contributed by atoms with Gasteiger partial charge < -0.3 is 10.4 Å². The highest BCUT2D eigenvalue weighted by Crippen LogP contribution is 2.30. The molecule has 3 aromatic rings. The van der Waals surface area contributed by atoms with E-state index in [4.69, 9.17) is 0 Å². The van der Waals surface area contributed by atoms with E-state index in [1.54, 1.807) is 36.4 Å². The number of piperidine rings is 1. The fourth-order valence-electron chi connectivity index (χ4n) is 4.42. The van der Waals surface area contributed by atoms with Crippen LogP contribution < -0.4 is 9.62 Å². The molecule has 0 radical (unpaired) electrons. The fourth-order valence-corrected chi connectivity index (χ4v) is 5.66. The number of nitrogens with zero attached hydrogens (tertiary/aromatic N) is 2. The number of aliphatic hydroxyl groups is 1. The second-order valence-electron chi connectivity index (χ2n) is 8.85. The number of aliphatic hydroxyl groups excluding tert-OH is 1. The molecule has 0 saturated carbocycles. The van der Waals surface area contributed by atoms with Crippen molar-refractivity contribution in [2.75, 3.05) is 36.3 Å². The van der Waals surface area contributed by atoms with E-state index in [0.717, 1.165) is 31.5 Å². The monoisotopic (exact) mass is 493 g/mol. The Hall–Kier alpha value is -3.20. The quantitative estimate of drug-likeness (QED) is 0.497. The zero-order chi connectivity index (χ0) is 24.8. The summed E-state index contributed by atoms with van der Waals surface area (Å²) in [6.45, 7) is 1.66. The van der Waals surface area contributed by atoms with Crippen LogP contribution in [0.25, 0.3) is 0 Å². The van der Waals surface area contributed by atoms with E-state index in [0.29, 0.717) is 11.4 Å². The molecular formula is C27H31N3O4S. The Morgan fingerprint density at radius 1 is 1.00 bits per heavy atom. The van der Waals surface area contributed by atoms with Gasteiger partial charge in [0.25, 0.3) is 10.0 Å². The topological polar surface area (TPSA) is 90.0 Å². The van der Waals surface area contributed by atoms with Gasteiger partial charge in [0.05, 0.1) is 23.2 Å². The van der Waals surface area contributed by atoms with Crippen molar-refractivity contribution < 1.29 is 18.3 Å². The minimum absolute atomic E-state index is 0.109. The molecule has 35 heavy (non-hydrogen) atoms. The Balaban J connectivity index is 1.33. The van der Waals surface area contributed by atoms with E-state index in [1.807, 2.05) is 36.4 Å². The van der Waals surface area contributed by atoms with Crippen molar-refractivity contribution in [1.29, 1.82) is 0 Å². The molecular weight excluding hydrogens is 462 g/mol. The molecule has 1 aliphatic heterocycles. The molecule has 1 amide bonds. The first-order valence-electron chi connectivity index (χ1n) is 11.7. The normalized spacial score (nSPS) is 15.9. The van der Waals surface area contributed by atoms with Crippen LogP contribution in [0.3, 0.4) is 0 Å². The van der Waals surface area contributed by atoms with E-state index >= 15 is 0 Å². The number of hydrogen-bond acceptors (Lipinski definition) is 5.